The second kappa shape index (κ2) is 18.3. The van der Waals surface area contributed by atoms with E-state index in [4.69, 9.17) is 28.7 Å². The van der Waals surface area contributed by atoms with Crippen LogP contribution in [0.2, 0.25) is 0 Å². The van der Waals surface area contributed by atoms with E-state index < -0.39 is 17.7 Å². The van der Waals surface area contributed by atoms with Gasteiger partial charge in [0.1, 0.15) is 29.6 Å². The van der Waals surface area contributed by atoms with Crippen LogP contribution in [0.1, 0.15) is 77.2 Å². The number of methoxy groups -OCH3 is 1. The largest absolute Gasteiger partial charge is 0.488 e. The van der Waals surface area contributed by atoms with Crippen LogP contribution >= 0.6 is 22.6 Å². The number of fused-ring (bicyclic) bond motifs is 1. The van der Waals surface area contributed by atoms with Gasteiger partial charge in [-0.2, -0.15) is 0 Å². The Morgan fingerprint density at radius 1 is 0.982 bits per heavy atom. The lowest BCUT2D eigenvalue weighted by Crippen LogP contribution is -2.46. The number of carbonyl (C=O) groups excluding carboxylic acids is 1. The predicted octanol–water partition coefficient (Wildman–Crippen LogP) is 10.4. The van der Waals surface area contributed by atoms with Gasteiger partial charge in [0.05, 0.1) is 40.8 Å². The Balaban J connectivity index is 1.38. The van der Waals surface area contributed by atoms with Crippen LogP contribution in [0.3, 0.4) is 0 Å². The zero-order valence-electron chi connectivity index (χ0n) is 34.4. The molecule has 6 rings (SSSR count). The summed E-state index contributed by atoms with van der Waals surface area (Å²) in [6.07, 6.45) is 2.59. The molecule has 0 amide bonds. The lowest BCUT2D eigenvalue weighted by Gasteiger charge is -2.41. The van der Waals surface area contributed by atoms with Crippen molar-refractivity contribution in [1.29, 1.82) is 0 Å². The lowest BCUT2D eigenvalue weighted by molar-refractivity contribution is -0.164. The van der Waals surface area contributed by atoms with Crippen molar-refractivity contribution < 1.29 is 32.9 Å². The number of ether oxygens (including phenoxy) is 5. The van der Waals surface area contributed by atoms with Gasteiger partial charge in [-0.3, -0.25) is 4.40 Å². The maximum absolute atomic E-state index is 15.1. The molecular formula is C46H55FIN3O6. The quantitative estimate of drug-likeness (QED) is 0.0584. The zero-order chi connectivity index (χ0) is 40.9. The standard InChI is InChI=1S/C46H55FIN3O6/c1-30(2)28-54-21-22-56-46(7)17-19-50(20-18-46)43-41(42(44(52)53-8)57-45(4,5)6)31(3)23-40-49-38(27-51(40)43)34-16-12-15-33(24-34)35-25-36(47)37(48)26-39(35)55-29-32-13-10-9-11-14-32/h9-16,23-27,30,42H,17-22,28-29H2,1-8H3/t42-/m0/s1. The summed E-state index contributed by atoms with van der Waals surface area (Å²) < 4.78 is 48.0. The molecule has 5 aromatic rings. The van der Waals surface area contributed by atoms with Crippen molar-refractivity contribution in [3.05, 3.63) is 105 Å². The van der Waals surface area contributed by atoms with Crippen molar-refractivity contribution in [3.8, 4) is 28.1 Å². The topological polar surface area (TPSA) is 83.8 Å². The molecule has 0 saturated carbocycles. The number of piperidine rings is 1. The summed E-state index contributed by atoms with van der Waals surface area (Å²) in [7, 11) is 1.39. The predicted molar refractivity (Wildman–Crippen MR) is 231 cm³/mol. The first-order valence-corrected chi connectivity index (χ1v) is 20.7. The number of hydrogen-bond donors (Lipinski definition) is 0. The van der Waals surface area contributed by atoms with E-state index in [9.17, 15) is 4.79 Å². The van der Waals surface area contributed by atoms with Crippen LogP contribution in [0.5, 0.6) is 5.75 Å². The second-order valence-corrected chi connectivity index (χ2v) is 17.6. The molecule has 9 nitrogen and oxygen atoms in total. The Bertz CT molecular complexity index is 2160. The van der Waals surface area contributed by atoms with E-state index in [1.807, 2.05) is 117 Å². The number of pyridine rings is 1. The van der Waals surface area contributed by atoms with Crippen molar-refractivity contribution in [2.24, 2.45) is 5.92 Å². The summed E-state index contributed by atoms with van der Waals surface area (Å²) in [4.78, 5) is 21.0. The Kier molecular flexibility index (Phi) is 13.6. The number of esters is 1. The SMILES string of the molecule is COC(=O)[C@@H](OC(C)(C)C)c1c(C)cc2nc(-c3cccc(-c4cc(F)c(I)cc4OCc4ccccc4)c3)cn2c1N1CCC(C)(OCCOCC(C)C)CC1. The van der Waals surface area contributed by atoms with Gasteiger partial charge in [0, 0.05) is 42.6 Å². The number of aromatic nitrogens is 2. The van der Waals surface area contributed by atoms with E-state index in [2.05, 4.69) is 30.1 Å². The Hall–Kier alpha value is -4.04. The van der Waals surface area contributed by atoms with Gasteiger partial charge in [-0.15, -0.1) is 0 Å². The third kappa shape index (κ3) is 10.5. The molecule has 1 aliphatic rings. The summed E-state index contributed by atoms with van der Waals surface area (Å²) in [6, 6.07) is 23.1. The fourth-order valence-electron chi connectivity index (χ4n) is 7.17. The number of rotatable bonds is 15. The van der Waals surface area contributed by atoms with Gasteiger partial charge in [0.25, 0.3) is 0 Å². The van der Waals surface area contributed by atoms with Crippen LogP contribution in [0, 0.1) is 22.2 Å². The number of halogens is 2. The summed E-state index contributed by atoms with van der Waals surface area (Å²) in [5, 5.41) is 0. The highest BCUT2D eigenvalue weighted by atomic mass is 127. The van der Waals surface area contributed by atoms with Gasteiger partial charge < -0.3 is 28.6 Å². The molecule has 1 saturated heterocycles. The average molecular weight is 892 g/mol. The van der Waals surface area contributed by atoms with Gasteiger partial charge in [0.15, 0.2) is 6.10 Å². The first-order chi connectivity index (χ1) is 27.1. The van der Waals surface area contributed by atoms with Gasteiger partial charge in [-0.1, -0.05) is 62.4 Å². The first kappa shape index (κ1) is 42.6. The van der Waals surface area contributed by atoms with E-state index in [-0.39, 0.29) is 11.4 Å². The molecule has 57 heavy (non-hydrogen) atoms. The number of carbonyl (C=O) groups is 1. The third-order valence-electron chi connectivity index (χ3n) is 10.1. The van der Waals surface area contributed by atoms with Gasteiger partial charge in [0.2, 0.25) is 0 Å². The number of hydrogen-bond acceptors (Lipinski definition) is 8. The maximum Gasteiger partial charge on any atom is 0.339 e. The molecule has 0 aliphatic carbocycles. The molecule has 3 aromatic carbocycles. The molecule has 2 aromatic heterocycles. The monoisotopic (exact) mass is 891 g/mol. The van der Waals surface area contributed by atoms with E-state index in [1.54, 1.807) is 6.07 Å². The van der Waals surface area contributed by atoms with Gasteiger partial charge in [-0.25, -0.2) is 14.2 Å². The minimum absolute atomic E-state index is 0.316. The first-order valence-electron chi connectivity index (χ1n) is 19.7. The zero-order valence-corrected chi connectivity index (χ0v) is 36.5. The molecule has 0 N–H and O–H groups in total. The number of anilines is 1. The maximum atomic E-state index is 15.1. The molecule has 0 unspecified atom stereocenters. The average Bonchev–Trinajstić information content (AvgIpc) is 3.60. The molecule has 0 radical (unpaired) electrons. The van der Waals surface area contributed by atoms with Gasteiger partial charge >= 0.3 is 5.97 Å². The highest BCUT2D eigenvalue weighted by Gasteiger charge is 2.37. The summed E-state index contributed by atoms with van der Waals surface area (Å²) in [5.41, 5.74) is 5.43. The summed E-state index contributed by atoms with van der Waals surface area (Å²) >= 11 is 2.00. The Labute approximate surface area is 350 Å². The third-order valence-corrected chi connectivity index (χ3v) is 10.9. The van der Waals surface area contributed by atoms with Crippen LogP contribution in [0.15, 0.2) is 79.0 Å². The van der Waals surface area contributed by atoms with Crippen LogP contribution in [0.25, 0.3) is 28.0 Å². The van der Waals surface area contributed by atoms with Gasteiger partial charge in [-0.05, 0) is 117 Å². The molecule has 1 aliphatic heterocycles. The summed E-state index contributed by atoms with van der Waals surface area (Å²) in [6.45, 7) is 17.8. The molecule has 0 bridgehead atoms. The fraction of sp³-hybridized carbons (Fsp3) is 0.435. The van der Waals surface area contributed by atoms with Crippen molar-refractivity contribution in [2.75, 3.05) is 44.9 Å². The lowest BCUT2D eigenvalue weighted by atomic mass is 9.92. The smallest absolute Gasteiger partial charge is 0.339 e. The molecule has 1 atom stereocenters. The highest BCUT2D eigenvalue weighted by molar-refractivity contribution is 14.1. The Morgan fingerprint density at radius 2 is 1.70 bits per heavy atom. The fourth-order valence-corrected chi connectivity index (χ4v) is 7.61. The minimum Gasteiger partial charge on any atom is -0.488 e. The van der Waals surface area contributed by atoms with Crippen molar-refractivity contribution in [2.45, 2.75) is 85.2 Å². The summed E-state index contributed by atoms with van der Waals surface area (Å²) in [5.74, 6) is 1.12. The number of nitrogens with zero attached hydrogens (tertiary/aromatic N) is 3. The highest BCUT2D eigenvalue weighted by Crippen LogP contribution is 2.41. The van der Waals surface area contributed by atoms with Crippen LogP contribution in [-0.4, -0.2) is 66.6 Å². The number of aryl methyl sites for hydroxylation is 1. The number of imidazole rings is 1. The molecule has 0 spiro atoms. The van der Waals surface area contributed by atoms with Crippen molar-refractivity contribution >= 4 is 40.0 Å². The number of benzene rings is 3. The molecule has 11 heteroatoms. The van der Waals surface area contributed by atoms with Crippen molar-refractivity contribution in [1.82, 2.24) is 9.38 Å². The molecule has 3 heterocycles. The van der Waals surface area contributed by atoms with E-state index in [0.29, 0.717) is 60.3 Å². The normalized spacial score (nSPS) is 15.0. The Morgan fingerprint density at radius 3 is 2.39 bits per heavy atom. The van der Waals surface area contributed by atoms with E-state index >= 15 is 4.39 Å². The second-order valence-electron chi connectivity index (χ2n) is 16.4. The molecule has 304 valence electrons. The van der Waals surface area contributed by atoms with Crippen LogP contribution in [0.4, 0.5) is 10.2 Å². The van der Waals surface area contributed by atoms with Crippen LogP contribution in [-0.2, 0) is 30.3 Å². The van der Waals surface area contributed by atoms with Crippen LogP contribution < -0.4 is 9.64 Å². The molecule has 1 fully saturated rings. The van der Waals surface area contributed by atoms with Crippen molar-refractivity contribution in [3.63, 3.8) is 0 Å². The minimum atomic E-state index is -0.976. The van der Waals surface area contributed by atoms with E-state index in [1.165, 1.54) is 13.2 Å². The van der Waals surface area contributed by atoms with E-state index in [0.717, 1.165) is 57.8 Å². The molecular weight excluding hydrogens is 836 g/mol.